The van der Waals surface area contributed by atoms with Crippen LogP contribution in [0.5, 0.6) is 11.5 Å². The highest BCUT2D eigenvalue weighted by Crippen LogP contribution is 2.33. The molecule has 13 atom stereocenters. The maximum atomic E-state index is 10.3. The number of aliphatic hydroxyl groups is 10. The molecule has 0 aliphatic carbocycles. The summed E-state index contributed by atoms with van der Waals surface area (Å²) in [7, 11) is 1.38. The topological polar surface area (TPSA) is 267 Å². The lowest BCUT2D eigenvalue weighted by atomic mass is 9.99. The Bertz CT molecular complexity index is 1090. The van der Waals surface area contributed by atoms with Crippen LogP contribution in [0.25, 0.3) is 6.08 Å². The lowest BCUT2D eigenvalue weighted by molar-refractivity contribution is -0.307. The van der Waals surface area contributed by atoms with Gasteiger partial charge < -0.3 is 84.2 Å². The summed E-state index contributed by atoms with van der Waals surface area (Å²) in [6, 6.07) is 4.70. The monoisotopic (exact) mass is 636 g/mol. The van der Waals surface area contributed by atoms with Crippen LogP contribution in [0.2, 0.25) is 0 Å². The quantitative estimate of drug-likeness (QED) is 0.103. The minimum atomic E-state index is -1.91. The highest BCUT2D eigenvalue weighted by atomic mass is 16.7. The van der Waals surface area contributed by atoms with Crippen molar-refractivity contribution in [2.75, 3.05) is 40.1 Å². The van der Waals surface area contributed by atoms with E-state index in [1.165, 1.54) is 13.2 Å². The van der Waals surface area contributed by atoms with Gasteiger partial charge in [-0.05, 0) is 17.7 Å². The molecule has 0 aromatic heterocycles. The Labute approximate surface area is 251 Å². The van der Waals surface area contributed by atoms with Crippen LogP contribution in [0.1, 0.15) is 5.56 Å². The second-order valence-electron chi connectivity index (χ2n) is 10.7. The summed E-state index contributed by atoms with van der Waals surface area (Å²) in [5.74, 6) is 0.367. The van der Waals surface area contributed by atoms with Gasteiger partial charge in [-0.15, -0.1) is 0 Å². The first-order valence-electron chi connectivity index (χ1n) is 13.8. The molecule has 1 aromatic rings. The molecule has 0 radical (unpaired) electrons. The fourth-order valence-corrected chi connectivity index (χ4v) is 4.83. The molecular formula is C27H40O17. The first-order chi connectivity index (χ1) is 20.9. The van der Waals surface area contributed by atoms with Gasteiger partial charge in [0.25, 0.3) is 0 Å². The predicted molar refractivity (Wildman–Crippen MR) is 143 cm³/mol. The third-order valence-corrected chi connectivity index (χ3v) is 7.62. The molecule has 0 saturated carbocycles. The first-order valence-corrected chi connectivity index (χ1v) is 13.8. The molecule has 3 aliphatic heterocycles. The van der Waals surface area contributed by atoms with Gasteiger partial charge in [0.1, 0.15) is 60.5 Å². The average molecular weight is 637 g/mol. The molecule has 250 valence electrons. The number of aliphatic hydroxyl groups excluding tert-OH is 9. The van der Waals surface area contributed by atoms with Gasteiger partial charge in [-0.1, -0.05) is 18.2 Å². The van der Waals surface area contributed by atoms with E-state index in [1.54, 1.807) is 24.3 Å². The largest absolute Gasteiger partial charge is 0.493 e. The molecule has 4 rings (SSSR count). The number of benzene rings is 1. The predicted octanol–water partition coefficient (Wildman–Crippen LogP) is -4.83. The van der Waals surface area contributed by atoms with Gasteiger partial charge in [0.2, 0.25) is 6.29 Å². The maximum absolute atomic E-state index is 10.3. The van der Waals surface area contributed by atoms with Crippen molar-refractivity contribution in [1.82, 2.24) is 0 Å². The molecule has 17 heteroatoms. The summed E-state index contributed by atoms with van der Waals surface area (Å²) < 4.78 is 38.0. The minimum absolute atomic E-state index is 0.114. The van der Waals surface area contributed by atoms with Crippen molar-refractivity contribution in [3.05, 3.63) is 29.8 Å². The molecular weight excluding hydrogens is 596 g/mol. The van der Waals surface area contributed by atoms with Crippen LogP contribution in [0, 0.1) is 0 Å². The van der Waals surface area contributed by atoms with Crippen LogP contribution < -0.4 is 9.47 Å². The molecule has 3 fully saturated rings. The standard InChI is InChI=1S/C27H40O17/c1-38-14-7-12(4-5-13(14)42-25-22(35)19(32)17(30)15(8-28)43-25)3-2-6-39-24-21(34)20(33)18(31)16(44-24)9-40-26-23(36)27(37,10-29)11-41-26/h2-5,7,15-26,28-37H,6,8-11H2,1H3/b3-2+/t15-,16-,17-,18-,19+,20+,21-,22-,23+,24-,25-,26-,27-/m1/s1. The van der Waals surface area contributed by atoms with Crippen molar-refractivity contribution < 1.29 is 84.2 Å². The Morgan fingerprint density at radius 3 is 2.11 bits per heavy atom. The SMILES string of the molecule is COc1cc(/C=C/CO[C@@H]2O[C@H](CO[C@@H]3OC[C@](O)(CO)[C@H]3O)[C@@H](O)[C@H](O)[C@H]2O)ccc1O[C@@H]1O[C@H](CO)[C@@H](O)[C@H](O)[C@H]1O. The van der Waals surface area contributed by atoms with E-state index in [9.17, 15) is 51.1 Å². The number of ether oxygens (including phenoxy) is 7. The molecule has 0 spiro atoms. The van der Waals surface area contributed by atoms with Crippen molar-refractivity contribution in [3.63, 3.8) is 0 Å². The van der Waals surface area contributed by atoms with Crippen molar-refractivity contribution >= 4 is 6.08 Å². The van der Waals surface area contributed by atoms with E-state index in [-0.39, 0.29) is 24.7 Å². The van der Waals surface area contributed by atoms with E-state index in [2.05, 4.69) is 0 Å². The van der Waals surface area contributed by atoms with Crippen molar-refractivity contribution in [1.29, 1.82) is 0 Å². The van der Waals surface area contributed by atoms with Crippen LogP contribution >= 0.6 is 0 Å². The van der Waals surface area contributed by atoms with Gasteiger partial charge in [-0.2, -0.15) is 0 Å². The molecule has 3 aliphatic rings. The van der Waals surface area contributed by atoms with Crippen molar-refractivity contribution in [3.8, 4) is 11.5 Å². The lowest BCUT2D eigenvalue weighted by Crippen LogP contribution is -2.60. The summed E-state index contributed by atoms with van der Waals surface area (Å²) in [5.41, 5.74) is -1.30. The van der Waals surface area contributed by atoms with Crippen molar-refractivity contribution in [2.24, 2.45) is 0 Å². The van der Waals surface area contributed by atoms with Crippen LogP contribution in [-0.2, 0) is 23.7 Å². The fraction of sp³-hybridized carbons (Fsp3) is 0.704. The third-order valence-electron chi connectivity index (χ3n) is 7.62. The van der Waals surface area contributed by atoms with Gasteiger partial charge in [0.15, 0.2) is 24.1 Å². The Hall–Kier alpha value is -2.04. The Morgan fingerprint density at radius 2 is 1.48 bits per heavy atom. The summed E-state index contributed by atoms with van der Waals surface area (Å²) >= 11 is 0. The Morgan fingerprint density at radius 1 is 0.818 bits per heavy atom. The van der Waals surface area contributed by atoms with Gasteiger partial charge in [0, 0.05) is 0 Å². The van der Waals surface area contributed by atoms with Gasteiger partial charge in [0.05, 0.1) is 40.1 Å². The van der Waals surface area contributed by atoms with Gasteiger partial charge >= 0.3 is 0 Å². The lowest BCUT2D eigenvalue weighted by Gasteiger charge is -2.40. The molecule has 17 nitrogen and oxygen atoms in total. The van der Waals surface area contributed by atoms with E-state index in [1.807, 2.05) is 0 Å². The number of hydrogen-bond donors (Lipinski definition) is 10. The molecule has 0 unspecified atom stereocenters. The van der Waals surface area contributed by atoms with E-state index in [0.29, 0.717) is 5.56 Å². The van der Waals surface area contributed by atoms with Gasteiger partial charge in [-0.25, -0.2) is 0 Å². The zero-order chi connectivity index (χ0) is 32.2. The number of hydrogen-bond acceptors (Lipinski definition) is 17. The van der Waals surface area contributed by atoms with Crippen LogP contribution in [0.3, 0.4) is 0 Å². The zero-order valence-corrected chi connectivity index (χ0v) is 23.7. The van der Waals surface area contributed by atoms with Crippen LogP contribution in [-0.4, -0.2) is 171 Å². The molecule has 3 saturated heterocycles. The van der Waals surface area contributed by atoms with E-state index in [0.717, 1.165) is 0 Å². The smallest absolute Gasteiger partial charge is 0.229 e. The van der Waals surface area contributed by atoms with E-state index >= 15 is 0 Å². The number of rotatable bonds is 12. The third kappa shape index (κ3) is 7.49. The molecule has 1 aromatic carbocycles. The average Bonchev–Trinajstić information content (AvgIpc) is 3.32. The highest BCUT2D eigenvalue weighted by Gasteiger charge is 2.50. The summed E-state index contributed by atoms with van der Waals surface area (Å²) in [6.07, 6.45) is -14.4. The second-order valence-corrected chi connectivity index (χ2v) is 10.7. The first kappa shape index (κ1) is 34.8. The second kappa shape index (κ2) is 15.0. The van der Waals surface area contributed by atoms with E-state index in [4.69, 9.17) is 33.2 Å². The van der Waals surface area contributed by atoms with Crippen molar-refractivity contribution in [2.45, 2.75) is 79.4 Å². The Kier molecular flexibility index (Phi) is 11.9. The highest BCUT2D eigenvalue weighted by molar-refractivity contribution is 5.56. The fourth-order valence-electron chi connectivity index (χ4n) is 4.83. The summed E-state index contributed by atoms with van der Waals surface area (Å²) in [4.78, 5) is 0. The summed E-state index contributed by atoms with van der Waals surface area (Å²) in [5, 5.41) is 99.9. The minimum Gasteiger partial charge on any atom is -0.493 e. The molecule has 44 heavy (non-hydrogen) atoms. The van der Waals surface area contributed by atoms with Crippen LogP contribution in [0.15, 0.2) is 24.3 Å². The Balaban J connectivity index is 1.31. The zero-order valence-electron chi connectivity index (χ0n) is 23.7. The van der Waals surface area contributed by atoms with Crippen LogP contribution in [0.4, 0.5) is 0 Å². The molecule has 0 bridgehead atoms. The summed E-state index contributed by atoms with van der Waals surface area (Å²) in [6.45, 7) is -2.29. The van der Waals surface area contributed by atoms with Gasteiger partial charge in [-0.3, -0.25) is 0 Å². The number of methoxy groups -OCH3 is 1. The molecule has 0 amide bonds. The maximum Gasteiger partial charge on any atom is 0.229 e. The molecule has 3 heterocycles. The molecule has 10 N–H and O–H groups in total. The normalized spacial score (nSPS) is 41.2. The van der Waals surface area contributed by atoms with E-state index < -0.39 is 99.2 Å².